The second-order valence-electron chi connectivity index (χ2n) is 7.94. The lowest BCUT2D eigenvalue weighted by Crippen LogP contribution is -2.57. The number of hydrogen-bond donors (Lipinski definition) is 0. The van der Waals surface area contributed by atoms with Gasteiger partial charge in [-0.1, -0.05) is 30.3 Å². The fraction of sp³-hybridized carbons (Fsp3) is 0.571. The Morgan fingerprint density at radius 2 is 1.52 bits per heavy atom. The van der Waals surface area contributed by atoms with E-state index in [4.69, 9.17) is 0 Å². The van der Waals surface area contributed by atoms with Crippen LogP contribution in [0.2, 0.25) is 0 Å². The van der Waals surface area contributed by atoms with Gasteiger partial charge in [-0.2, -0.15) is 0 Å². The van der Waals surface area contributed by atoms with Crippen molar-refractivity contribution in [2.75, 3.05) is 26.2 Å². The van der Waals surface area contributed by atoms with Gasteiger partial charge in [-0.25, -0.2) is 0 Å². The maximum atomic E-state index is 13.3. The van der Waals surface area contributed by atoms with E-state index >= 15 is 0 Å². The monoisotopic (exact) mass is 373 g/mol. The van der Waals surface area contributed by atoms with Gasteiger partial charge in [-0.15, -0.1) is 0 Å². The Morgan fingerprint density at radius 3 is 2.00 bits per heavy atom. The van der Waals surface area contributed by atoms with E-state index < -0.39 is 5.41 Å². The fourth-order valence-electron chi connectivity index (χ4n) is 3.34. The Morgan fingerprint density at radius 1 is 1.00 bits per heavy atom. The van der Waals surface area contributed by atoms with Crippen molar-refractivity contribution in [1.82, 2.24) is 14.7 Å². The Kier molecular flexibility index (Phi) is 6.63. The molecule has 0 aromatic heterocycles. The Labute approximate surface area is 162 Å². The van der Waals surface area contributed by atoms with E-state index in [0.29, 0.717) is 32.7 Å². The number of nitrogens with zero attached hydrogens (tertiary/aromatic N) is 3. The highest BCUT2D eigenvalue weighted by molar-refractivity contribution is 6.04. The quantitative estimate of drug-likeness (QED) is 0.743. The molecule has 0 atom stereocenters. The second-order valence-corrected chi connectivity index (χ2v) is 7.94. The third-order valence-corrected chi connectivity index (χ3v) is 5.16. The third-order valence-electron chi connectivity index (χ3n) is 5.16. The van der Waals surface area contributed by atoms with Crippen LogP contribution >= 0.6 is 0 Å². The average Bonchev–Trinajstić information content (AvgIpc) is 2.65. The van der Waals surface area contributed by atoms with Crippen LogP contribution in [0.25, 0.3) is 0 Å². The normalized spacial score (nSPS) is 15.0. The van der Waals surface area contributed by atoms with Crippen LogP contribution in [0.1, 0.15) is 40.2 Å². The maximum Gasteiger partial charge on any atom is 0.238 e. The second kappa shape index (κ2) is 8.55. The number of carbonyl (C=O) groups is 3. The van der Waals surface area contributed by atoms with Gasteiger partial charge in [0.15, 0.2) is 0 Å². The molecule has 0 aliphatic carbocycles. The van der Waals surface area contributed by atoms with E-state index in [2.05, 4.69) is 0 Å². The molecule has 0 spiro atoms. The number of carbonyl (C=O) groups excluding carboxylic acids is 3. The predicted octanol–water partition coefficient (Wildman–Crippen LogP) is 2.14. The molecule has 148 valence electrons. The van der Waals surface area contributed by atoms with Gasteiger partial charge < -0.3 is 14.7 Å². The molecule has 1 aliphatic rings. The van der Waals surface area contributed by atoms with Gasteiger partial charge in [-0.05, 0) is 33.3 Å². The van der Waals surface area contributed by atoms with Crippen molar-refractivity contribution in [3.63, 3.8) is 0 Å². The zero-order chi connectivity index (χ0) is 20.2. The van der Waals surface area contributed by atoms with Crippen LogP contribution < -0.4 is 0 Å². The largest absolute Gasteiger partial charge is 0.339 e. The molecule has 2 rings (SSSR count). The van der Waals surface area contributed by atoms with Crippen LogP contribution in [0.5, 0.6) is 0 Å². The predicted molar refractivity (Wildman–Crippen MR) is 105 cm³/mol. The van der Waals surface area contributed by atoms with Crippen molar-refractivity contribution in [1.29, 1.82) is 0 Å². The van der Waals surface area contributed by atoms with Crippen molar-refractivity contribution in [2.45, 2.75) is 47.2 Å². The minimum Gasteiger partial charge on any atom is -0.339 e. The van der Waals surface area contributed by atoms with E-state index in [1.165, 1.54) is 6.92 Å². The van der Waals surface area contributed by atoms with Crippen molar-refractivity contribution < 1.29 is 14.4 Å². The van der Waals surface area contributed by atoms with Gasteiger partial charge in [0, 0.05) is 45.7 Å². The van der Waals surface area contributed by atoms with Crippen LogP contribution in [-0.4, -0.2) is 64.6 Å². The van der Waals surface area contributed by atoms with Gasteiger partial charge in [0.2, 0.25) is 17.7 Å². The molecule has 0 N–H and O–H groups in total. The molecule has 27 heavy (non-hydrogen) atoms. The summed E-state index contributed by atoms with van der Waals surface area (Å²) in [6.07, 6.45) is 0. The minimum absolute atomic E-state index is 0.0145. The number of benzene rings is 1. The molecule has 6 heteroatoms. The van der Waals surface area contributed by atoms with E-state index in [9.17, 15) is 14.4 Å². The molecular weight excluding hydrogens is 342 g/mol. The summed E-state index contributed by atoms with van der Waals surface area (Å²) in [6.45, 7) is 11.3. The highest BCUT2D eigenvalue weighted by Crippen LogP contribution is 2.26. The van der Waals surface area contributed by atoms with E-state index in [-0.39, 0.29) is 23.8 Å². The van der Waals surface area contributed by atoms with Crippen molar-refractivity contribution >= 4 is 17.7 Å². The minimum atomic E-state index is -1.14. The summed E-state index contributed by atoms with van der Waals surface area (Å²) in [4.78, 5) is 43.1. The highest BCUT2D eigenvalue weighted by atomic mass is 16.2. The lowest BCUT2D eigenvalue weighted by atomic mass is 9.88. The first-order chi connectivity index (χ1) is 12.6. The van der Waals surface area contributed by atoms with E-state index in [1.807, 2.05) is 44.2 Å². The number of rotatable bonds is 5. The summed E-state index contributed by atoms with van der Waals surface area (Å²) in [5.41, 5.74) is -0.102. The summed E-state index contributed by atoms with van der Waals surface area (Å²) in [5, 5.41) is 0. The fourth-order valence-corrected chi connectivity index (χ4v) is 3.34. The molecule has 1 saturated heterocycles. The van der Waals surface area contributed by atoms with E-state index in [1.54, 1.807) is 28.5 Å². The molecule has 1 fully saturated rings. The smallest absolute Gasteiger partial charge is 0.238 e. The van der Waals surface area contributed by atoms with E-state index in [0.717, 1.165) is 5.56 Å². The summed E-state index contributed by atoms with van der Waals surface area (Å²) in [6, 6.07) is 9.79. The molecule has 3 amide bonds. The topological polar surface area (TPSA) is 60.9 Å². The van der Waals surface area contributed by atoms with Crippen LogP contribution in [0.15, 0.2) is 30.3 Å². The Balaban J connectivity index is 2.11. The Hall–Kier alpha value is -2.37. The molecule has 1 aromatic carbocycles. The first kappa shape index (κ1) is 20.9. The third kappa shape index (κ3) is 4.87. The van der Waals surface area contributed by atoms with Crippen LogP contribution in [0, 0.1) is 5.41 Å². The lowest BCUT2D eigenvalue weighted by molar-refractivity contribution is -0.157. The van der Waals surface area contributed by atoms with Gasteiger partial charge in [-0.3, -0.25) is 14.4 Å². The maximum absolute atomic E-state index is 13.3. The average molecular weight is 373 g/mol. The van der Waals surface area contributed by atoms with Crippen LogP contribution in [-0.2, 0) is 20.9 Å². The van der Waals surface area contributed by atoms with Gasteiger partial charge in [0.25, 0.3) is 0 Å². The molecule has 1 heterocycles. The summed E-state index contributed by atoms with van der Waals surface area (Å²) >= 11 is 0. The molecular formula is C21H31N3O3. The standard InChI is InChI=1S/C21H31N3O3/c1-16(2)24(15-18-9-7-6-8-10-18)20(27)21(4,5)19(26)23-13-11-22(12-14-23)17(3)25/h6-10,16H,11-15H2,1-5H3. The van der Waals surface area contributed by atoms with Crippen molar-refractivity contribution in [3.8, 4) is 0 Å². The van der Waals surface area contributed by atoms with Gasteiger partial charge in [0.1, 0.15) is 5.41 Å². The lowest BCUT2D eigenvalue weighted by Gasteiger charge is -2.40. The zero-order valence-corrected chi connectivity index (χ0v) is 17.1. The van der Waals surface area contributed by atoms with Crippen molar-refractivity contribution in [2.24, 2.45) is 5.41 Å². The van der Waals surface area contributed by atoms with Gasteiger partial charge in [0.05, 0.1) is 0 Å². The molecule has 1 aromatic rings. The molecule has 6 nitrogen and oxygen atoms in total. The van der Waals surface area contributed by atoms with Gasteiger partial charge >= 0.3 is 0 Å². The molecule has 0 bridgehead atoms. The first-order valence-corrected chi connectivity index (χ1v) is 9.54. The summed E-state index contributed by atoms with van der Waals surface area (Å²) in [7, 11) is 0. The van der Waals surface area contributed by atoms with Crippen LogP contribution in [0.3, 0.4) is 0 Å². The first-order valence-electron chi connectivity index (χ1n) is 9.54. The molecule has 0 radical (unpaired) electrons. The Bertz CT molecular complexity index is 677. The van der Waals surface area contributed by atoms with Crippen LogP contribution in [0.4, 0.5) is 0 Å². The molecule has 0 unspecified atom stereocenters. The molecule has 0 saturated carbocycles. The SMILES string of the molecule is CC(=O)N1CCN(C(=O)C(C)(C)C(=O)N(Cc2ccccc2)C(C)C)CC1. The summed E-state index contributed by atoms with van der Waals surface area (Å²) in [5.74, 6) is -0.318. The number of piperazine rings is 1. The highest BCUT2D eigenvalue weighted by Gasteiger charge is 2.43. The zero-order valence-electron chi connectivity index (χ0n) is 17.1. The van der Waals surface area contributed by atoms with Crippen molar-refractivity contribution in [3.05, 3.63) is 35.9 Å². The molecule has 1 aliphatic heterocycles. The number of hydrogen-bond acceptors (Lipinski definition) is 3. The number of amides is 3. The summed E-state index contributed by atoms with van der Waals surface area (Å²) < 4.78 is 0.